The van der Waals surface area contributed by atoms with Gasteiger partial charge < -0.3 is 19.7 Å². The molecular formula is C17H24O5. The predicted molar refractivity (Wildman–Crippen MR) is 84.4 cm³/mol. The monoisotopic (exact) mass is 308 g/mol. The zero-order chi connectivity index (χ0) is 16.9. The van der Waals surface area contributed by atoms with Gasteiger partial charge in [-0.05, 0) is 25.8 Å². The van der Waals surface area contributed by atoms with Gasteiger partial charge >= 0.3 is 5.97 Å². The zero-order valence-corrected chi connectivity index (χ0v) is 13.8. The second kappa shape index (κ2) is 7.84. The smallest absolute Gasteiger partial charge is 0.342 e. The van der Waals surface area contributed by atoms with Crippen LogP contribution in [0.3, 0.4) is 0 Å². The van der Waals surface area contributed by atoms with E-state index in [9.17, 15) is 9.90 Å². The number of methoxy groups -OCH3 is 1. The molecule has 1 aromatic rings. The summed E-state index contributed by atoms with van der Waals surface area (Å²) in [6, 6.07) is 0. The lowest BCUT2D eigenvalue weighted by atomic mass is 9.95. The van der Waals surface area contributed by atoms with E-state index in [1.165, 1.54) is 7.11 Å². The van der Waals surface area contributed by atoms with Crippen LogP contribution in [0.5, 0.6) is 11.5 Å². The molecular weight excluding hydrogens is 284 g/mol. The topological polar surface area (TPSA) is 76.0 Å². The van der Waals surface area contributed by atoms with E-state index in [2.05, 4.69) is 0 Å². The van der Waals surface area contributed by atoms with Gasteiger partial charge in [0.2, 0.25) is 0 Å². The highest BCUT2D eigenvalue weighted by Crippen LogP contribution is 2.41. The third kappa shape index (κ3) is 3.25. The first-order valence-electron chi connectivity index (χ1n) is 7.36. The Hall–Kier alpha value is -2.01. The first-order valence-corrected chi connectivity index (χ1v) is 7.36. The van der Waals surface area contributed by atoms with Gasteiger partial charge in [-0.15, -0.1) is 0 Å². The molecule has 0 bridgehead atoms. The standard InChI is InChI=1S/C15H18O5.C2H6/c1-8(6-16)4-5-10-13(17)12-11(7-20-15(12)18)9(2)14(10)19-3;1-2/h4,16-17H,5-7H2,1-3H3;1-2H3/b8-4+;. The largest absolute Gasteiger partial charge is 0.507 e. The average molecular weight is 308 g/mol. The number of fused-ring (bicyclic) bond motifs is 1. The molecule has 0 atom stereocenters. The van der Waals surface area contributed by atoms with E-state index in [0.29, 0.717) is 23.3 Å². The van der Waals surface area contributed by atoms with Crippen LogP contribution in [-0.4, -0.2) is 29.9 Å². The molecule has 0 aliphatic carbocycles. The van der Waals surface area contributed by atoms with E-state index in [1.54, 1.807) is 13.0 Å². The van der Waals surface area contributed by atoms with Crippen molar-refractivity contribution in [3.63, 3.8) is 0 Å². The van der Waals surface area contributed by atoms with Crippen molar-refractivity contribution in [3.05, 3.63) is 33.9 Å². The summed E-state index contributed by atoms with van der Waals surface area (Å²) in [4.78, 5) is 11.7. The van der Waals surface area contributed by atoms with Crippen molar-refractivity contribution in [2.24, 2.45) is 0 Å². The fraction of sp³-hybridized carbons (Fsp3) is 0.471. The molecule has 2 N–H and O–H groups in total. The molecule has 2 rings (SSSR count). The summed E-state index contributed by atoms with van der Waals surface area (Å²) < 4.78 is 10.3. The van der Waals surface area contributed by atoms with Crippen LogP contribution >= 0.6 is 0 Å². The molecule has 1 heterocycles. The molecule has 22 heavy (non-hydrogen) atoms. The third-order valence-corrected chi connectivity index (χ3v) is 3.55. The third-order valence-electron chi connectivity index (χ3n) is 3.55. The van der Waals surface area contributed by atoms with Gasteiger partial charge in [-0.25, -0.2) is 4.79 Å². The Labute approximate surface area is 131 Å². The molecule has 122 valence electrons. The van der Waals surface area contributed by atoms with Crippen LogP contribution in [0.1, 0.15) is 47.8 Å². The Balaban J connectivity index is 0.00000116. The summed E-state index contributed by atoms with van der Waals surface area (Å²) in [6.45, 7) is 7.74. The molecule has 0 amide bonds. The molecule has 1 aliphatic rings. The number of allylic oxidation sites excluding steroid dienone is 1. The quantitative estimate of drug-likeness (QED) is 0.661. The number of carbonyl (C=O) groups is 1. The molecule has 0 unspecified atom stereocenters. The Bertz CT molecular complexity index is 587. The molecule has 1 aliphatic heterocycles. The minimum absolute atomic E-state index is 0.0466. The van der Waals surface area contributed by atoms with E-state index < -0.39 is 5.97 Å². The number of rotatable bonds is 4. The Kier molecular flexibility index (Phi) is 6.43. The maximum atomic E-state index is 11.7. The van der Waals surface area contributed by atoms with Crippen molar-refractivity contribution in [2.75, 3.05) is 13.7 Å². The molecule has 0 saturated carbocycles. The molecule has 5 heteroatoms. The van der Waals surface area contributed by atoms with Crippen LogP contribution in [0.2, 0.25) is 0 Å². The van der Waals surface area contributed by atoms with E-state index in [-0.39, 0.29) is 24.5 Å². The molecule has 1 aromatic carbocycles. The van der Waals surface area contributed by atoms with Crippen molar-refractivity contribution < 1.29 is 24.5 Å². The highest BCUT2D eigenvalue weighted by atomic mass is 16.5. The number of hydrogen-bond donors (Lipinski definition) is 2. The Morgan fingerprint density at radius 2 is 2.05 bits per heavy atom. The maximum absolute atomic E-state index is 11.7. The fourth-order valence-electron chi connectivity index (χ4n) is 2.37. The first-order chi connectivity index (χ1) is 10.5. The molecule has 0 fully saturated rings. The van der Waals surface area contributed by atoms with E-state index >= 15 is 0 Å². The van der Waals surface area contributed by atoms with Crippen molar-refractivity contribution in [3.8, 4) is 11.5 Å². The van der Waals surface area contributed by atoms with E-state index in [0.717, 1.165) is 11.1 Å². The van der Waals surface area contributed by atoms with Gasteiger partial charge in [0.1, 0.15) is 23.7 Å². The summed E-state index contributed by atoms with van der Waals surface area (Å²) in [5, 5.41) is 19.4. The van der Waals surface area contributed by atoms with Crippen LogP contribution in [0.15, 0.2) is 11.6 Å². The van der Waals surface area contributed by atoms with Crippen molar-refractivity contribution in [1.82, 2.24) is 0 Å². The fourth-order valence-corrected chi connectivity index (χ4v) is 2.37. The second-order valence-electron chi connectivity index (χ2n) is 4.83. The lowest BCUT2D eigenvalue weighted by molar-refractivity contribution is 0.0533. The van der Waals surface area contributed by atoms with Gasteiger partial charge in [0.15, 0.2) is 0 Å². The van der Waals surface area contributed by atoms with Crippen LogP contribution in [0.4, 0.5) is 0 Å². The van der Waals surface area contributed by atoms with Crippen LogP contribution in [0.25, 0.3) is 0 Å². The highest BCUT2D eigenvalue weighted by Gasteiger charge is 2.31. The summed E-state index contributed by atoms with van der Waals surface area (Å²) in [6.07, 6.45) is 2.17. The van der Waals surface area contributed by atoms with Crippen molar-refractivity contribution in [2.45, 2.75) is 40.7 Å². The lowest BCUT2D eigenvalue weighted by Gasteiger charge is -2.15. The number of phenolic OH excluding ortho intramolecular Hbond substituents is 1. The number of aliphatic hydroxyl groups excluding tert-OH is 1. The normalized spacial score (nSPS) is 13.2. The highest BCUT2D eigenvalue weighted by molar-refractivity contribution is 5.98. The number of cyclic esters (lactones) is 1. The average Bonchev–Trinajstić information content (AvgIpc) is 2.93. The van der Waals surface area contributed by atoms with Crippen LogP contribution < -0.4 is 4.74 Å². The molecule has 0 spiro atoms. The number of aromatic hydroxyl groups is 1. The SMILES string of the molecule is CC.COc1c(C)c2c(c(O)c1C/C=C(\C)CO)C(=O)OC2. The van der Waals surface area contributed by atoms with Gasteiger partial charge in [0, 0.05) is 11.1 Å². The Morgan fingerprint density at radius 1 is 1.41 bits per heavy atom. The van der Waals surface area contributed by atoms with Gasteiger partial charge in [-0.1, -0.05) is 25.5 Å². The van der Waals surface area contributed by atoms with Crippen LogP contribution in [-0.2, 0) is 17.8 Å². The molecule has 0 aromatic heterocycles. The van der Waals surface area contributed by atoms with Gasteiger partial charge in [-0.3, -0.25) is 0 Å². The number of esters is 1. The summed E-state index contributed by atoms with van der Waals surface area (Å²) in [5.74, 6) is -0.0409. The van der Waals surface area contributed by atoms with Gasteiger partial charge in [-0.2, -0.15) is 0 Å². The summed E-state index contributed by atoms with van der Waals surface area (Å²) in [7, 11) is 1.53. The number of aliphatic hydroxyl groups is 1. The molecule has 0 radical (unpaired) electrons. The van der Waals surface area contributed by atoms with Gasteiger partial charge in [0.05, 0.1) is 13.7 Å². The Morgan fingerprint density at radius 3 is 2.59 bits per heavy atom. The van der Waals surface area contributed by atoms with Crippen molar-refractivity contribution in [1.29, 1.82) is 0 Å². The minimum atomic E-state index is -0.507. The number of benzene rings is 1. The zero-order valence-electron chi connectivity index (χ0n) is 13.8. The number of ether oxygens (including phenoxy) is 2. The van der Waals surface area contributed by atoms with Crippen LogP contribution in [0, 0.1) is 6.92 Å². The van der Waals surface area contributed by atoms with E-state index in [1.807, 2.05) is 20.8 Å². The van der Waals surface area contributed by atoms with Crippen molar-refractivity contribution >= 4 is 5.97 Å². The minimum Gasteiger partial charge on any atom is -0.507 e. The number of carbonyl (C=O) groups excluding carboxylic acids is 1. The maximum Gasteiger partial charge on any atom is 0.342 e. The lowest BCUT2D eigenvalue weighted by Crippen LogP contribution is -2.03. The second-order valence-corrected chi connectivity index (χ2v) is 4.83. The molecule has 0 saturated heterocycles. The number of phenols is 1. The first kappa shape index (κ1) is 18.0. The number of hydrogen-bond acceptors (Lipinski definition) is 5. The predicted octanol–water partition coefficient (Wildman–Crippen LogP) is 2.89. The van der Waals surface area contributed by atoms with Gasteiger partial charge in [0.25, 0.3) is 0 Å². The summed E-state index contributed by atoms with van der Waals surface area (Å²) in [5.41, 5.74) is 3.03. The van der Waals surface area contributed by atoms with E-state index in [4.69, 9.17) is 14.6 Å². The summed E-state index contributed by atoms with van der Waals surface area (Å²) >= 11 is 0. The molecule has 5 nitrogen and oxygen atoms in total.